The molecule has 2 N–H and O–H groups in total. The Morgan fingerprint density at radius 3 is 3.09 bits per heavy atom. The summed E-state index contributed by atoms with van der Waals surface area (Å²) < 4.78 is 5.17. The summed E-state index contributed by atoms with van der Waals surface area (Å²) in [7, 11) is 0. The van der Waals surface area contributed by atoms with E-state index < -0.39 is 0 Å². The van der Waals surface area contributed by atoms with Crippen LogP contribution in [0.3, 0.4) is 0 Å². The number of nitrogens with zero attached hydrogens (tertiary/aromatic N) is 1. The van der Waals surface area contributed by atoms with Gasteiger partial charge in [-0.3, -0.25) is 0 Å². The van der Waals surface area contributed by atoms with Crippen LogP contribution in [0.1, 0.15) is 6.92 Å². The summed E-state index contributed by atoms with van der Waals surface area (Å²) in [6.45, 7) is 2.46. The van der Waals surface area contributed by atoms with E-state index in [1.54, 1.807) is 12.3 Å². The first-order valence-electron chi connectivity index (χ1n) is 3.28. The van der Waals surface area contributed by atoms with Crippen LogP contribution in [0.4, 0.5) is 5.69 Å². The summed E-state index contributed by atoms with van der Waals surface area (Å²) in [5.41, 5.74) is 5.95. The highest BCUT2D eigenvalue weighted by Gasteiger charge is 2.02. The predicted octanol–water partition coefficient (Wildman–Crippen LogP) is 1.72. The van der Waals surface area contributed by atoms with Crippen molar-refractivity contribution in [3.8, 4) is 5.75 Å². The molecule has 3 nitrogen and oxygen atoms in total. The maximum atomic E-state index is 5.63. The fourth-order valence-electron chi connectivity index (χ4n) is 0.713. The van der Waals surface area contributed by atoms with Crippen molar-refractivity contribution in [2.75, 3.05) is 12.3 Å². The maximum absolute atomic E-state index is 5.63. The van der Waals surface area contributed by atoms with Crippen LogP contribution in [0.5, 0.6) is 5.75 Å². The number of rotatable bonds is 2. The van der Waals surface area contributed by atoms with Crippen LogP contribution in [0.15, 0.2) is 12.3 Å². The highest BCUT2D eigenvalue weighted by molar-refractivity contribution is 6.32. The van der Waals surface area contributed by atoms with Crippen molar-refractivity contribution in [3.05, 3.63) is 17.4 Å². The molecule has 0 unspecified atom stereocenters. The Morgan fingerprint density at radius 2 is 2.45 bits per heavy atom. The first-order chi connectivity index (χ1) is 5.25. The second-order valence-corrected chi connectivity index (χ2v) is 2.30. The number of aromatic nitrogens is 1. The molecule has 0 fully saturated rings. The third-order valence-corrected chi connectivity index (χ3v) is 1.50. The van der Waals surface area contributed by atoms with Gasteiger partial charge >= 0.3 is 0 Å². The van der Waals surface area contributed by atoms with Gasteiger partial charge in [0, 0.05) is 12.3 Å². The van der Waals surface area contributed by atoms with Crippen molar-refractivity contribution in [2.24, 2.45) is 0 Å². The molecule has 1 heterocycles. The summed E-state index contributed by atoms with van der Waals surface area (Å²) in [6, 6.07) is 1.69. The molecule has 0 aliphatic rings. The van der Waals surface area contributed by atoms with Gasteiger partial charge in [0.15, 0.2) is 5.15 Å². The minimum absolute atomic E-state index is 0.288. The van der Waals surface area contributed by atoms with Crippen molar-refractivity contribution in [1.82, 2.24) is 4.98 Å². The third kappa shape index (κ3) is 1.74. The molecule has 0 saturated carbocycles. The van der Waals surface area contributed by atoms with E-state index >= 15 is 0 Å². The quantitative estimate of drug-likeness (QED) is 0.691. The smallest absolute Gasteiger partial charge is 0.155 e. The zero-order valence-electron chi connectivity index (χ0n) is 6.17. The molecule has 0 amide bonds. The van der Waals surface area contributed by atoms with E-state index in [0.29, 0.717) is 18.0 Å². The topological polar surface area (TPSA) is 48.1 Å². The average molecular weight is 173 g/mol. The van der Waals surface area contributed by atoms with Gasteiger partial charge in [0.05, 0.1) is 6.61 Å². The molecule has 0 bridgehead atoms. The van der Waals surface area contributed by atoms with Gasteiger partial charge < -0.3 is 10.5 Å². The molecule has 4 heteroatoms. The molecule has 0 saturated heterocycles. The number of anilines is 1. The number of hydrogen-bond donors (Lipinski definition) is 1. The molecule has 1 rings (SSSR count). The fraction of sp³-hybridized carbons (Fsp3) is 0.286. The Kier molecular flexibility index (Phi) is 2.54. The van der Waals surface area contributed by atoms with E-state index in [-0.39, 0.29) is 5.15 Å². The molecule has 1 aromatic heterocycles. The number of pyridine rings is 1. The van der Waals surface area contributed by atoms with Crippen molar-refractivity contribution in [2.45, 2.75) is 6.92 Å². The lowest BCUT2D eigenvalue weighted by atomic mass is 10.4. The van der Waals surface area contributed by atoms with Gasteiger partial charge in [-0.25, -0.2) is 4.98 Å². The zero-order valence-corrected chi connectivity index (χ0v) is 6.93. The summed E-state index contributed by atoms with van der Waals surface area (Å²) in [5.74, 6) is 0.590. The van der Waals surface area contributed by atoms with Crippen LogP contribution in [0, 0.1) is 0 Å². The number of hydrogen-bond acceptors (Lipinski definition) is 3. The summed E-state index contributed by atoms with van der Waals surface area (Å²) in [4.78, 5) is 3.78. The SMILES string of the molecule is CCOc1ccnc(Cl)c1N. The van der Waals surface area contributed by atoms with Gasteiger partial charge in [0.25, 0.3) is 0 Å². The summed E-state index contributed by atoms with van der Waals surface area (Å²) in [6.07, 6.45) is 1.56. The fourth-order valence-corrected chi connectivity index (χ4v) is 0.862. The molecule has 0 aromatic carbocycles. The molecule has 1 aromatic rings. The lowest BCUT2D eigenvalue weighted by Gasteiger charge is -2.05. The lowest BCUT2D eigenvalue weighted by molar-refractivity contribution is 0.342. The van der Waals surface area contributed by atoms with Crippen LogP contribution >= 0.6 is 11.6 Å². The highest BCUT2D eigenvalue weighted by Crippen LogP contribution is 2.26. The maximum Gasteiger partial charge on any atom is 0.155 e. The number of ether oxygens (including phenoxy) is 1. The molecule has 0 atom stereocenters. The van der Waals surface area contributed by atoms with Gasteiger partial charge in [0.2, 0.25) is 0 Å². The lowest BCUT2D eigenvalue weighted by Crippen LogP contribution is -1.97. The first kappa shape index (κ1) is 8.14. The van der Waals surface area contributed by atoms with E-state index in [0.717, 1.165) is 0 Å². The van der Waals surface area contributed by atoms with Gasteiger partial charge in [-0.05, 0) is 6.92 Å². The zero-order chi connectivity index (χ0) is 8.27. The molecule has 11 heavy (non-hydrogen) atoms. The molecule has 0 aliphatic carbocycles. The van der Waals surface area contributed by atoms with E-state index in [1.807, 2.05) is 6.92 Å². The summed E-state index contributed by atoms with van der Waals surface area (Å²) >= 11 is 5.63. The Balaban J connectivity index is 2.96. The van der Waals surface area contributed by atoms with E-state index in [2.05, 4.69) is 4.98 Å². The average Bonchev–Trinajstić information content (AvgIpc) is 1.99. The van der Waals surface area contributed by atoms with Crippen molar-refractivity contribution in [1.29, 1.82) is 0 Å². The Bertz CT molecular complexity index is 252. The molecule has 60 valence electrons. The van der Waals surface area contributed by atoms with Crippen LogP contribution < -0.4 is 10.5 Å². The van der Waals surface area contributed by atoms with Crippen molar-refractivity contribution >= 4 is 17.3 Å². The van der Waals surface area contributed by atoms with E-state index in [1.165, 1.54) is 0 Å². The normalized spacial score (nSPS) is 9.64. The molecular formula is C7H9ClN2O. The van der Waals surface area contributed by atoms with Gasteiger partial charge in [-0.2, -0.15) is 0 Å². The molecule has 0 aliphatic heterocycles. The van der Waals surface area contributed by atoms with Crippen molar-refractivity contribution in [3.63, 3.8) is 0 Å². The van der Waals surface area contributed by atoms with Crippen LogP contribution in [-0.4, -0.2) is 11.6 Å². The standard InChI is InChI=1S/C7H9ClN2O/c1-2-11-5-3-4-10-7(8)6(5)9/h3-4H,2,9H2,1H3. The Hall–Kier alpha value is -0.960. The second kappa shape index (κ2) is 3.44. The largest absolute Gasteiger partial charge is 0.492 e. The van der Waals surface area contributed by atoms with E-state index in [9.17, 15) is 0 Å². The third-order valence-electron chi connectivity index (χ3n) is 1.20. The van der Waals surface area contributed by atoms with Gasteiger partial charge in [-0.15, -0.1) is 0 Å². The Morgan fingerprint density at radius 1 is 1.73 bits per heavy atom. The first-order valence-corrected chi connectivity index (χ1v) is 3.66. The number of nitrogens with two attached hydrogens (primary N) is 1. The minimum atomic E-state index is 0.288. The number of halogens is 1. The van der Waals surface area contributed by atoms with Crippen LogP contribution in [0.2, 0.25) is 5.15 Å². The Labute approximate surface area is 70.1 Å². The predicted molar refractivity (Wildman–Crippen MR) is 44.8 cm³/mol. The summed E-state index contributed by atoms with van der Waals surface area (Å²) in [5, 5.41) is 0.288. The van der Waals surface area contributed by atoms with Crippen molar-refractivity contribution < 1.29 is 4.74 Å². The van der Waals surface area contributed by atoms with Gasteiger partial charge in [0.1, 0.15) is 11.4 Å². The van der Waals surface area contributed by atoms with Crippen LogP contribution in [0.25, 0.3) is 0 Å². The monoisotopic (exact) mass is 172 g/mol. The van der Waals surface area contributed by atoms with Crippen LogP contribution in [-0.2, 0) is 0 Å². The molecular weight excluding hydrogens is 164 g/mol. The van der Waals surface area contributed by atoms with Gasteiger partial charge in [-0.1, -0.05) is 11.6 Å². The minimum Gasteiger partial charge on any atom is -0.492 e. The van der Waals surface area contributed by atoms with E-state index in [4.69, 9.17) is 22.1 Å². The highest BCUT2D eigenvalue weighted by atomic mass is 35.5. The number of nitrogen functional groups attached to an aromatic ring is 1. The molecule has 0 radical (unpaired) electrons. The molecule has 0 spiro atoms. The second-order valence-electron chi connectivity index (χ2n) is 1.95.